The van der Waals surface area contributed by atoms with Crippen molar-refractivity contribution in [3.63, 3.8) is 0 Å². The fourth-order valence-corrected chi connectivity index (χ4v) is 4.09. The Morgan fingerprint density at radius 3 is 2.45 bits per heavy atom. The molecule has 0 heterocycles. The van der Waals surface area contributed by atoms with E-state index in [0.29, 0.717) is 13.1 Å². The summed E-state index contributed by atoms with van der Waals surface area (Å²) in [5.74, 6) is 0. The number of sulfonamides is 1. The molecule has 0 saturated carbocycles. The van der Waals surface area contributed by atoms with Crippen molar-refractivity contribution in [3.05, 3.63) is 29.8 Å². The molecule has 20 heavy (non-hydrogen) atoms. The summed E-state index contributed by atoms with van der Waals surface area (Å²) in [5, 5.41) is 0. The van der Waals surface area contributed by atoms with Crippen LogP contribution < -0.4 is 10.5 Å². The first-order valence-corrected chi connectivity index (χ1v) is 9.47. The second kappa shape index (κ2) is 7.45. The smallest absolute Gasteiger partial charge is 0.240 e. The van der Waals surface area contributed by atoms with Crippen LogP contribution in [0.1, 0.15) is 32.3 Å². The molecule has 114 valence electrons. The number of hydrogen-bond acceptors (Lipinski definition) is 4. The third-order valence-corrected chi connectivity index (χ3v) is 6.74. The molecule has 0 bridgehead atoms. The van der Waals surface area contributed by atoms with Gasteiger partial charge in [-0.05, 0) is 36.8 Å². The molecule has 0 aliphatic carbocycles. The van der Waals surface area contributed by atoms with Crippen molar-refractivity contribution < 1.29 is 8.42 Å². The fourth-order valence-electron chi connectivity index (χ4n) is 2.01. The lowest BCUT2D eigenvalue weighted by atomic mass is 10.0. The average molecular weight is 316 g/mol. The number of thioether (sulfide) groups is 1. The summed E-state index contributed by atoms with van der Waals surface area (Å²) in [4.78, 5) is 0.280. The molecular weight excluding hydrogens is 292 g/mol. The van der Waals surface area contributed by atoms with Gasteiger partial charge < -0.3 is 5.73 Å². The molecule has 1 aromatic rings. The average Bonchev–Trinajstić information content (AvgIpc) is 2.49. The van der Waals surface area contributed by atoms with E-state index < -0.39 is 10.0 Å². The Morgan fingerprint density at radius 2 is 1.95 bits per heavy atom. The summed E-state index contributed by atoms with van der Waals surface area (Å²) < 4.78 is 27.4. The van der Waals surface area contributed by atoms with Crippen molar-refractivity contribution in [1.82, 2.24) is 4.72 Å². The molecule has 0 aliphatic rings. The third-order valence-electron chi connectivity index (χ3n) is 3.75. The summed E-state index contributed by atoms with van der Waals surface area (Å²) in [7, 11) is -3.48. The van der Waals surface area contributed by atoms with E-state index in [9.17, 15) is 8.42 Å². The lowest BCUT2D eigenvalue weighted by Gasteiger charge is -2.29. The van der Waals surface area contributed by atoms with E-state index in [1.165, 1.54) is 0 Å². The van der Waals surface area contributed by atoms with E-state index in [1.54, 1.807) is 30.0 Å². The lowest BCUT2D eigenvalue weighted by molar-refractivity contribution is 0.522. The molecule has 6 heteroatoms. The van der Waals surface area contributed by atoms with Gasteiger partial charge in [-0.15, -0.1) is 0 Å². The van der Waals surface area contributed by atoms with E-state index in [4.69, 9.17) is 5.73 Å². The first-order valence-electron chi connectivity index (χ1n) is 6.77. The number of nitrogens with two attached hydrogens (primary N) is 1. The van der Waals surface area contributed by atoms with Gasteiger partial charge in [0.2, 0.25) is 10.0 Å². The van der Waals surface area contributed by atoms with Crippen molar-refractivity contribution in [2.24, 2.45) is 5.73 Å². The SMILES string of the molecule is CCC(CC)(CNS(=O)(=O)c1cccc(CN)c1)SC. The molecule has 1 rings (SSSR count). The van der Waals surface area contributed by atoms with Gasteiger partial charge in [0.05, 0.1) is 4.90 Å². The Kier molecular flexibility index (Phi) is 6.51. The van der Waals surface area contributed by atoms with Gasteiger partial charge in [0.15, 0.2) is 0 Å². The molecule has 0 aliphatic heterocycles. The molecule has 0 amide bonds. The first kappa shape index (κ1) is 17.5. The van der Waals surface area contributed by atoms with E-state index in [0.717, 1.165) is 18.4 Å². The summed E-state index contributed by atoms with van der Waals surface area (Å²) in [6.45, 7) is 4.95. The van der Waals surface area contributed by atoms with Crippen LogP contribution in [0.5, 0.6) is 0 Å². The van der Waals surface area contributed by atoms with Crippen LogP contribution >= 0.6 is 11.8 Å². The normalized spacial score (nSPS) is 12.6. The van der Waals surface area contributed by atoms with Gasteiger partial charge in [-0.2, -0.15) is 11.8 Å². The van der Waals surface area contributed by atoms with Crippen molar-refractivity contribution in [3.8, 4) is 0 Å². The second-order valence-corrected chi connectivity index (χ2v) is 7.81. The summed E-state index contributed by atoms with van der Waals surface area (Å²) >= 11 is 1.71. The minimum atomic E-state index is -3.48. The Labute approximate surface area is 126 Å². The maximum Gasteiger partial charge on any atom is 0.240 e. The molecule has 0 unspecified atom stereocenters. The maximum absolute atomic E-state index is 12.3. The van der Waals surface area contributed by atoms with Gasteiger partial charge in [0.1, 0.15) is 0 Å². The van der Waals surface area contributed by atoms with Crippen LogP contribution in [-0.4, -0.2) is 26.0 Å². The zero-order valence-corrected chi connectivity index (χ0v) is 14.0. The van der Waals surface area contributed by atoms with Crippen LogP contribution in [0.3, 0.4) is 0 Å². The molecule has 0 fully saturated rings. The predicted molar refractivity (Wildman–Crippen MR) is 86.3 cm³/mol. The second-order valence-electron chi connectivity index (χ2n) is 4.77. The number of rotatable bonds is 8. The van der Waals surface area contributed by atoms with E-state index in [1.807, 2.05) is 12.3 Å². The Balaban J connectivity index is 2.89. The van der Waals surface area contributed by atoms with E-state index in [2.05, 4.69) is 18.6 Å². The van der Waals surface area contributed by atoms with Crippen LogP contribution in [0, 0.1) is 0 Å². The molecule has 0 radical (unpaired) electrons. The number of benzene rings is 1. The quantitative estimate of drug-likeness (QED) is 0.772. The van der Waals surface area contributed by atoms with Crippen LogP contribution in [0.4, 0.5) is 0 Å². The van der Waals surface area contributed by atoms with Crippen molar-refractivity contribution in [1.29, 1.82) is 0 Å². The molecule has 4 nitrogen and oxygen atoms in total. The summed E-state index contributed by atoms with van der Waals surface area (Å²) in [6.07, 6.45) is 3.88. The van der Waals surface area contributed by atoms with Gasteiger partial charge in [0, 0.05) is 17.8 Å². The minimum absolute atomic E-state index is 0.0431. The Hall–Kier alpha value is -0.560. The molecule has 3 N–H and O–H groups in total. The number of nitrogens with one attached hydrogen (secondary N) is 1. The Morgan fingerprint density at radius 1 is 1.30 bits per heavy atom. The topological polar surface area (TPSA) is 72.2 Å². The molecule has 0 atom stereocenters. The highest BCUT2D eigenvalue weighted by molar-refractivity contribution is 8.00. The highest BCUT2D eigenvalue weighted by atomic mass is 32.2. The Bertz CT molecular complexity index is 517. The lowest BCUT2D eigenvalue weighted by Crippen LogP contribution is -2.39. The molecular formula is C14H24N2O2S2. The standard InChI is InChI=1S/C14H24N2O2S2/c1-4-14(5-2,19-3)11-16-20(17,18)13-8-6-7-12(9-13)10-15/h6-9,16H,4-5,10-11,15H2,1-3H3. The molecule has 1 aromatic carbocycles. The summed E-state index contributed by atoms with van der Waals surface area (Å²) in [6, 6.07) is 6.77. The van der Waals surface area contributed by atoms with Crippen molar-refractivity contribution in [2.45, 2.75) is 42.9 Å². The maximum atomic E-state index is 12.3. The predicted octanol–water partition coefficient (Wildman–Crippen LogP) is 2.35. The van der Waals surface area contributed by atoms with Crippen LogP contribution in [-0.2, 0) is 16.6 Å². The van der Waals surface area contributed by atoms with Gasteiger partial charge >= 0.3 is 0 Å². The third kappa shape index (κ3) is 4.22. The zero-order chi connectivity index (χ0) is 15.2. The van der Waals surface area contributed by atoms with Crippen LogP contribution in [0.2, 0.25) is 0 Å². The largest absolute Gasteiger partial charge is 0.326 e. The summed E-state index contributed by atoms with van der Waals surface area (Å²) in [5.41, 5.74) is 6.37. The first-order chi connectivity index (χ1) is 9.43. The molecule has 0 saturated heterocycles. The number of hydrogen-bond donors (Lipinski definition) is 2. The highest BCUT2D eigenvalue weighted by Crippen LogP contribution is 2.30. The van der Waals surface area contributed by atoms with Gasteiger partial charge in [-0.1, -0.05) is 26.0 Å². The van der Waals surface area contributed by atoms with E-state index in [-0.39, 0.29) is 9.64 Å². The van der Waals surface area contributed by atoms with Crippen LogP contribution in [0.15, 0.2) is 29.2 Å². The fraction of sp³-hybridized carbons (Fsp3) is 0.571. The van der Waals surface area contributed by atoms with Crippen molar-refractivity contribution in [2.75, 3.05) is 12.8 Å². The van der Waals surface area contributed by atoms with Gasteiger partial charge in [0.25, 0.3) is 0 Å². The highest BCUT2D eigenvalue weighted by Gasteiger charge is 2.27. The minimum Gasteiger partial charge on any atom is -0.326 e. The molecule has 0 spiro atoms. The monoisotopic (exact) mass is 316 g/mol. The molecule has 0 aromatic heterocycles. The van der Waals surface area contributed by atoms with Crippen LogP contribution in [0.25, 0.3) is 0 Å². The zero-order valence-electron chi connectivity index (χ0n) is 12.3. The van der Waals surface area contributed by atoms with Gasteiger partial charge in [-0.3, -0.25) is 0 Å². The van der Waals surface area contributed by atoms with Gasteiger partial charge in [-0.25, -0.2) is 13.1 Å². The van der Waals surface area contributed by atoms with Crippen molar-refractivity contribution >= 4 is 21.8 Å². The van der Waals surface area contributed by atoms with E-state index >= 15 is 0 Å².